The zero-order valence-electron chi connectivity index (χ0n) is 16.3. The minimum Gasteiger partial charge on any atom is -0.465 e. The van der Waals surface area contributed by atoms with E-state index in [4.69, 9.17) is 14.2 Å². The fourth-order valence-corrected chi connectivity index (χ4v) is 5.41. The summed E-state index contributed by atoms with van der Waals surface area (Å²) in [5.74, 6) is -1.73. The van der Waals surface area contributed by atoms with Gasteiger partial charge in [0.1, 0.15) is 10.8 Å². The number of carbonyl (C=O) groups is 2. The van der Waals surface area contributed by atoms with Gasteiger partial charge in [-0.1, -0.05) is 12.1 Å². The summed E-state index contributed by atoms with van der Waals surface area (Å²) in [6.07, 6.45) is 1.77. The fourth-order valence-electron chi connectivity index (χ4n) is 3.94. The van der Waals surface area contributed by atoms with Crippen molar-refractivity contribution in [1.82, 2.24) is 0 Å². The van der Waals surface area contributed by atoms with Crippen molar-refractivity contribution in [3.8, 4) is 0 Å². The predicted octanol–water partition coefficient (Wildman–Crippen LogP) is 3.46. The normalized spacial score (nSPS) is 17.2. The second-order valence-corrected chi connectivity index (χ2v) is 8.28. The number of rotatable bonds is 4. The Labute approximate surface area is 172 Å². The molecule has 29 heavy (non-hydrogen) atoms. The number of methoxy groups -OCH3 is 1. The van der Waals surface area contributed by atoms with E-state index in [1.54, 1.807) is 12.1 Å². The molecule has 1 amide bonds. The first-order valence-electron chi connectivity index (χ1n) is 9.46. The quantitative estimate of drug-likeness (QED) is 0.710. The number of thiophene rings is 1. The van der Waals surface area contributed by atoms with E-state index in [0.717, 1.165) is 10.4 Å². The van der Waals surface area contributed by atoms with Crippen molar-refractivity contribution >= 4 is 28.2 Å². The van der Waals surface area contributed by atoms with Crippen LogP contribution >= 0.6 is 11.3 Å². The number of nitrogens with zero attached hydrogens (tertiary/aromatic N) is 1. The van der Waals surface area contributed by atoms with Gasteiger partial charge in [0, 0.05) is 24.6 Å². The summed E-state index contributed by atoms with van der Waals surface area (Å²) >= 11 is 1.38. The van der Waals surface area contributed by atoms with Gasteiger partial charge in [-0.05, 0) is 29.7 Å². The van der Waals surface area contributed by atoms with Crippen LogP contribution in [0.1, 0.15) is 39.7 Å². The summed E-state index contributed by atoms with van der Waals surface area (Å²) in [7, 11) is 1.33. The summed E-state index contributed by atoms with van der Waals surface area (Å²) in [6.45, 7) is 2.70. The number of benzene rings is 1. The molecular formula is C21H22FNO5S. The van der Waals surface area contributed by atoms with Crippen LogP contribution in [0, 0.1) is 5.82 Å². The van der Waals surface area contributed by atoms with Crippen LogP contribution in [0.4, 0.5) is 9.39 Å². The minimum atomic E-state index is -0.647. The van der Waals surface area contributed by atoms with Gasteiger partial charge in [0.25, 0.3) is 0 Å². The molecule has 1 aliphatic heterocycles. The maximum absolute atomic E-state index is 13.6. The highest BCUT2D eigenvalue weighted by atomic mass is 32.1. The van der Waals surface area contributed by atoms with Crippen LogP contribution in [0.5, 0.6) is 0 Å². The fraction of sp³-hybridized carbons (Fsp3) is 0.429. The number of hydrogen-bond donors (Lipinski definition) is 0. The van der Waals surface area contributed by atoms with Gasteiger partial charge >= 0.3 is 5.97 Å². The molecule has 154 valence electrons. The number of esters is 1. The first-order valence-corrected chi connectivity index (χ1v) is 10.3. The molecule has 1 aromatic carbocycles. The molecule has 0 saturated carbocycles. The van der Waals surface area contributed by atoms with Crippen LogP contribution in [-0.2, 0) is 38.4 Å². The average molecular weight is 419 g/mol. The van der Waals surface area contributed by atoms with Crippen molar-refractivity contribution in [2.45, 2.75) is 38.5 Å². The standard InChI is InChI=1S/C21H22FNO5S/c1-13(24)23(12-14-4-3-5-15(22)10-14)19-18(20(25)26-2)16-6-7-21(11-17(16)29-19)27-8-9-28-21/h3-5,10H,6-9,11-12H2,1-2H3. The van der Waals surface area contributed by atoms with Crippen LogP contribution in [0.25, 0.3) is 0 Å². The Morgan fingerprint density at radius 3 is 2.72 bits per heavy atom. The number of anilines is 1. The summed E-state index contributed by atoms with van der Waals surface area (Å²) in [5.41, 5.74) is 1.93. The van der Waals surface area contributed by atoms with Crippen LogP contribution in [0.2, 0.25) is 0 Å². The Morgan fingerprint density at radius 2 is 2.07 bits per heavy atom. The predicted molar refractivity (Wildman–Crippen MR) is 106 cm³/mol. The molecule has 4 rings (SSSR count). The maximum atomic E-state index is 13.6. The zero-order valence-corrected chi connectivity index (χ0v) is 17.1. The molecule has 1 aromatic heterocycles. The van der Waals surface area contributed by atoms with E-state index < -0.39 is 11.8 Å². The molecule has 6 nitrogen and oxygen atoms in total. The topological polar surface area (TPSA) is 65.1 Å². The van der Waals surface area contributed by atoms with E-state index in [1.807, 2.05) is 0 Å². The third-order valence-electron chi connectivity index (χ3n) is 5.32. The van der Waals surface area contributed by atoms with E-state index in [9.17, 15) is 14.0 Å². The largest absolute Gasteiger partial charge is 0.465 e. The number of carbonyl (C=O) groups excluding carboxylic acids is 2. The van der Waals surface area contributed by atoms with Crippen LogP contribution in [0.15, 0.2) is 24.3 Å². The molecule has 1 spiro atoms. The zero-order chi connectivity index (χ0) is 20.6. The first kappa shape index (κ1) is 20.0. The molecule has 1 fully saturated rings. The van der Waals surface area contributed by atoms with E-state index in [2.05, 4.69) is 0 Å². The Morgan fingerprint density at radius 1 is 1.31 bits per heavy atom. The molecule has 2 aromatic rings. The van der Waals surface area contributed by atoms with Crippen LogP contribution in [0.3, 0.4) is 0 Å². The maximum Gasteiger partial charge on any atom is 0.341 e. The lowest BCUT2D eigenvalue weighted by Gasteiger charge is -2.31. The number of fused-ring (bicyclic) bond motifs is 1. The Hall–Kier alpha value is -2.29. The summed E-state index contributed by atoms with van der Waals surface area (Å²) in [4.78, 5) is 27.6. The van der Waals surface area contributed by atoms with Crippen molar-refractivity contribution < 1.29 is 28.2 Å². The second kappa shape index (κ2) is 7.85. The lowest BCUT2D eigenvalue weighted by molar-refractivity contribution is -0.163. The van der Waals surface area contributed by atoms with Gasteiger partial charge in [-0.15, -0.1) is 11.3 Å². The van der Waals surface area contributed by atoms with E-state index in [-0.39, 0.29) is 18.3 Å². The molecule has 1 saturated heterocycles. The number of ether oxygens (including phenoxy) is 3. The highest BCUT2D eigenvalue weighted by Gasteiger charge is 2.43. The van der Waals surface area contributed by atoms with Crippen molar-refractivity contribution in [2.75, 3.05) is 25.2 Å². The van der Waals surface area contributed by atoms with Gasteiger partial charge in [-0.2, -0.15) is 0 Å². The molecule has 2 heterocycles. The van der Waals surface area contributed by atoms with Gasteiger partial charge in [0.05, 0.1) is 32.4 Å². The van der Waals surface area contributed by atoms with Crippen molar-refractivity contribution in [2.24, 2.45) is 0 Å². The van der Waals surface area contributed by atoms with E-state index in [0.29, 0.717) is 48.6 Å². The Balaban J connectivity index is 1.75. The van der Waals surface area contributed by atoms with Gasteiger partial charge in [-0.25, -0.2) is 9.18 Å². The van der Waals surface area contributed by atoms with Gasteiger partial charge in [0.2, 0.25) is 5.91 Å². The highest BCUT2D eigenvalue weighted by molar-refractivity contribution is 7.17. The lowest BCUT2D eigenvalue weighted by Crippen LogP contribution is -2.36. The van der Waals surface area contributed by atoms with Gasteiger partial charge < -0.3 is 14.2 Å². The molecule has 0 bridgehead atoms. The Bertz CT molecular complexity index is 951. The molecule has 2 aliphatic rings. The van der Waals surface area contributed by atoms with Crippen LogP contribution < -0.4 is 4.90 Å². The Kier molecular flexibility index (Phi) is 5.42. The minimum absolute atomic E-state index is 0.161. The molecule has 1 aliphatic carbocycles. The molecular weight excluding hydrogens is 397 g/mol. The molecule has 8 heteroatoms. The SMILES string of the molecule is COC(=O)c1c(N(Cc2cccc(F)c2)C(C)=O)sc2c1CCC1(C2)OCCO1. The van der Waals surface area contributed by atoms with Crippen molar-refractivity contribution in [3.63, 3.8) is 0 Å². The first-order chi connectivity index (χ1) is 13.9. The van der Waals surface area contributed by atoms with E-state index in [1.165, 1.54) is 42.4 Å². The van der Waals surface area contributed by atoms with Gasteiger partial charge in [0.15, 0.2) is 5.79 Å². The number of hydrogen-bond acceptors (Lipinski definition) is 6. The lowest BCUT2D eigenvalue weighted by atomic mass is 9.90. The van der Waals surface area contributed by atoms with Crippen LogP contribution in [-0.4, -0.2) is 38.0 Å². The summed E-state index contributed by atoms with van der Waals surface area (Å²) in [5, 5.41) is 0.522. The molecule has 0 unspecified atom stereocenters. The molecule has 0 N–H and O–H groups in total. The number of halogens is 1. The third-order valence-corrected chi connectivity index (χ3v) is 6.57. The summed E-state index contributed by atoms with van der Waals surface area (Å²) < 4.78 is 30.3. The van der Waals surface area contributed by atoms with E-state index >= 15 is 0 Å². The monoisotopic (exact) mass is 419 g/mol. The van der Waals surface area contributed by atoms with Crippen molar-refractivity contribution in [1.29, 1.82) is 0 Å². The third kappa shape index (κ3) is 3.80. The molecule has 0 radical (unpaired) electrons. The highest BCUT2D eigenvalue weighted by Crippen LogP contribution is 2.45. The number of amides is 1. The summed E-state index contributed by atoms with van der Waals surface area (Å²) in [6, 6.07) is 6.09. The molecule has 0 atom stereocenters. The average Bonchev–Trinajstić information content (AvgIpc) is 3.29. The van der Waals surface area contributed by atoms with Gasteiger partial charge in [-0.3, -0.25) is 9.69 Å². The van der Waals surface area contributed by atoms with Crippen molar-refractivity contribution in [3.05, 3.63) is 51.7 Å². The second-order valence-electron chi connectivity index (χ2n) is 7.19. The smallest absolute Gasteiger partial charge is 0.341 e.